The number of nitrogens with zero attached hydrogens (tertiary/aromatic N) is 1. The lowest BCUT2D eigenvalue weighted by molar-refractivity contribution is -0.305. The number of aliphatic carboxylic acids is 1. The van der Waals surface area contributed by atoms with Gasteiger partial charge in [-0.2, -0.15) is 0 Å². The molecule has 0 unspecified atom stereocenters. The molecule has 0 atom stereocenters. The summed E-state index contributed by atoms with van der Waals surface area (Å²) in [6, 6.07) is 19.9. The fraction of sp³-hybridized carbons (Fsp3) is 0.130. The van der Waals surface area contributed by atoms with Crippen LogP contribution in [0.1, 0.15) is 23.4 Å². The summed E-state index contributed by atoms with van der Waals surface area (Å²) in [6.07, 6.45) is 2.28. The van der Waals surface area contributed by atoms with Gasteiger partial charge in [0.15, 0.2) is 0 Å². The largest absolute Gasteiger partial charge is 0.550 e. The monoisotopic (exact) mass is 388 g/mol. The minimum atomic E-state index is -1.07. The number of allylic oxidation sites excluding steroid dienone is 1. The molecule has 0 aliphatic carbocycles. The second-order valence-electron chi connectivity index (χ2n) is 6.43. The summed E-state index contributed by atoms with van der Waals surface area (Å²) in [7, 11) is 1.64. The molecule has 0 bridgehead atoms. The summed E-state index contributed by atoms with van der Waals surface area (Å²) in [4.78, 5) is 15.8. The Morgan fingerprint density at radius 3 is 2.64 bits per heavy atom. The first-order chi connectivity index (χ1) is 13.7. The van der Waals surface area contributed by atoms with E-state index in [2.05, 4.69) is 0 Å². The topological polar surface area (TPSA) is 62.2 Å². The molecule has 5 heteroatoms. The Bertz CT molecular complexity index is 1160. The SMILES string of the molecule is COc1ccc2ccccc2c1/C=C(\CCC(=O)[O-])c1nc2ccccc2s1. The van der Waals surface area contributed by atoms with Gasteiger partial charge in [0.1, 0.15) is 10.8 Å². The highest BCUT2D eigenvalue weighted by molar-refractivity contribution is 7.19. The third-order valence-corrected chi connectivity index (χ3v) is 5.75. The van der Waals surface area contributed by atoms with Crippen LogP contribution in [0.15, 0.2) is 60.7 Å². The summed E-state index contributed by atoms with van der Waals surface area (Å²) < 4.78 is 6.66. The van der Waals surface area contributed by atoms with E-state index in [1.54, 1.807) is 18.4 Å². The first-order valence-electron chi connectivity index (χ1n) is 8.98. The Hall–Kier alpha value is -3.18. The quantitative estimate of drug-likeness (QED) is 0.487. The van der Waals surface area contributed by atoms with Crippen LogP contribution in [0.3, 0.4) is 0 Å². The van der Waals surface area contributed by atoms with Crippen LogP contribution in [0.2, 0.25) is 0 Å². The molecule has 1 aromatic heterocycles. The van der Waals surface area contributed by atoms with E-state index >= 15 is 0 Å². The van der Waals surface area contributed by atoms with Crippen LogP contribution in [0.4, 0.5) is 0 Å². The first-order valence-corrected chi connectivity index (χ1v) is 9.79. The molecule has 0 N–H and O–H groups in total. The van der Waals surface area contributed by atoms with E-state index in [9.17, 15) is 9.90 Å². The molecule has 0 fully saturated rings. The molecular formula is C23H18NO3S-. The lowest BCUT2D eigenvalue weighted by atomic mass is 9.99. The van der Waals surface area contributed by atoms with Crippen LogP contribution in [0.5, 0.6) is 5.75 Å². The van der Waals surface area contributed by atoms with E-state index in [0.29, 0.717) is 6.42 Å². The highest BCUT2D eigenvalue weighted by atomic mass is 32.1. The molecular weight excluding hydrogens is 370 g/mol. The summed E-state index contributed by atoms with van der Waals surface area (Å²) in [5, 5.41) is 14.1. The Morgan fingerprint density at radius 1 is 1.07 bits per heavy atom. The zero-order chi connectivity index (χ0) is 19.5. The van der Waals surface area contributed by atoms with Gasteiger partial charge in [-0.05, 0) is 53.5 Å². The van der Waals surface area contributed by atoms with Crippen molar-refractivity contribution in [1.29, 1.82) is 0 Å². The van der Waals surface area contributed by atoms with Crippen LogP contribution < -0.4 is 9.84 Å². The van der Waals surface area contributed by atoms with Gasteiger partial charge in [0.25, 0.3) is 0 Å². The van der Waals surface area contributed by atoms with Gasteiger partial charge in [0, 0.05) is 11.5 Å². The number of ether oxygens (including phenoxy) is 1. The zero-order valence-electron chi connectivity index (χ0n) is 15.3. The predicted molar refractivity (Wildman–Crippen MR) is 112 cm³/mol. The van der Waals surface area contributed by atoms with Gasteiger partial charge in [0.05, 0.1) is 17.3 Å². The van der Waals surface area contributed by atoms with E-state index in [4.69, 9.17) is 9.72 Å². The molecule has 4 aromatic rings. The van der Waals surface area contributed by atoms with Crippen molar-refractivity contribution in [2.75, 3.05) is 7.11 Å². The molecule has 0 aliphatic heterocycles. The number of aromatic nitrogens is 1. The number of carbonyl (C=O) groups is 1. The second-order valence-corrected chi connectivity index (χ2v) is 7.46. The Morgan fingerprint density at radius 2 is 1.86 bits per heavy atom. The van der Waals surface area contributed by atoms with Crippen molar-refractivity contribution in [3.63, 3.8) is 0 Å². The van der Waals surface area contributed by atoms with Gasteiger partial charge in [-0.3, -0.25) is 0 Å². The second kappa shape index (κ2) is 7.82. The molecule has 0 saturated heterocycles. The van der Waals surface area contributed by atoms with Gasteiger partial charge < -0.3 is 14.6 Å². The summed E-state index contributed by atoms with van der Waals surface area (Å²) in [5.74, 6) is -0.331. The third-order valence-electron chi connectivity index (χ3n) is 4.64. The van der Waals surface area contributed by atoms with Crippen molar-refractivity contribution in [3.8, 4) is 5.75 Å². The minimum absolute atomic E-state index is 0.0607. The number of thiazole rings is 1. The van der Waals surface area contributed by atoms with E-state index in [0.717, 1.165) is 42.9 Å². The number of methoxy groups -OCH3 is 1. The van der Waals surface area contributed by atoms with Crippen molar-refractivity contribution in [3.05, 3.63) is 71.2 Å². The molecule has 0 radical (unpaired) electrons. The number of carbonyl (C=O) groups excluding carboxylic acids is 1. The van der Waals surface area contributed by atoms with Crippen molar-refractivity contribution in [2.24, 2.45) is 0 Å². The molecule has 0 amide bonds. The average Bonchev–Trinajstić information content (AvgIpc) is 3.15. The summed E-state index contributed by atoms with van der Waals surface area (Å²) in [5.41, 5.74) is 2.69. The Kier molecular flexibility index (Phi) is 5.08. The zero-order valence-corrected chi connectivity index (χ0v) is 16.2. The van der Waals surface area contributed by atoms with Crippen molar-refractivity contribution >= 4 is 49.9 Å². The maximum Gasteiger partial charge on any atom is 0.126 e. The van der Waals surface area contributed by atoms with E-state index in [1.165, 1.54) is 0 Å². The number of carboxylic acid groups (broad SMARTS) is 1. The highest BCUT2D eigenvalue weighted by Gasteiger charge is 2.13. The van der Waals surface area contributed by atoms with Gasteiger partial charge in [0.2, 0.25) is 0 Å². The summed E-state index contributed by atoms with van der Waals surface area (Å²) in [6.45, 7) is 0. The highest BCUT2D eigenvalue weighted by Crippen LogP contribution is 2.35. The van der Waals surface area contributed by atoms with Gasteiger partial charge in [-0.1, -0.05) is 42.5 Å². The van der Waals surface area contributed by atoms with Crippen LogP contribution in [0.25, 0.3) is 32.6 Å². The van der Waals surface area contributed by atoms with Gasteiger partial charge in [-0.15, -0.1) is 11.3 Å². The summed E-state index contributed by atoms with van der Waals surface area (Å²) >= 11 is 1.56. The van der Waals surface area contributed by atoms with Gasteiger partial charge >= 0.3 is 0 Å². The molecule has 0 aliphatic rings. The molecule has 3 aromatic carbocycles. The normalized spacial score (nSPS) is 11.8. The third kappa shape index (κ3) is 3.62. The maximum atomic E-state index is 11.1. The van der Waals surface area contributed by atoms with Crippen LogP contribution in [-0.2, 0) is 4.79 Å². The van der Waals surface area contributed by atoms with E-state index in [-0.39, 0.29) is 6.42 Å². The molecule has 1 heterocycles. The molecule has 4 nitrogen and oxygen atoms in total. The van der Waals surface area contributed by atoms with E-state index in [1.807, 2.05) is 66.7 Å². The lowest BCUT2D eigenvalue weighted by Gasteiger charge is -2.11. The van der Waals surface area contributed by atoms with Gasteiger partial charge in [-0.25, -0.2) is 4.98 Å². The van der Waals surface area contributed by atoms with Crippen molar-refractivity contribution in [2.45, 2.75) is 12.8 Å². The van der Waals surface area contributed by atoms with Crippen molar-refractivity contribution in [1.82, 2.24) is 4.98 Å². The van der Waals surface area contributed by atoms with E-state index < -0.39 is 5.97 Å². The number of carboxylic acids is 1. The average molecular weight is 388 g/mol. The number of rotatable bonds is 6. The first kappa shape index (κ1) is 18.2. The molecule has 0 spiro atoms. The molecule has 28 heavy (non-hydrogen) atoms. The predicted octanol–water partition coefficient (Wildman–Crippen LogP) is 4.53. The fourth-order valence-corrected chi connectivity index (χ4v) is 4.27. The molecule has 140 valence electrons. The van der Waals surface area contributed by atoms with Crippen LogP contribution in [-0.4, -0.2) is 18.1 Å². The van der Waals surface area contributed by atoms with Crippen LogP contribution in [0, 0.1) is 0 Å². The van der Waals surface area contributed by atoms with Crippen LogP contribution >= 0.6 is 11.3 Å². The molecule has 4 rings (SSSR count). The Labute approximate surface area is 166 Å². The number of hydrogen-bond acceptors (Lipinski definition) is 5. The Balaban J connectivity index is 1.90. The fourth-order valence-electron chi connectivity index (χ4n) is 3.26. The maximum absolute atomic E-state index is 11.1. The minimum Gasteiger partial charge on any atom is -0.550 e. The van der Waals surface area contributed by atoms with Crippen molar-refractivity contribution < 1.29 is 14.6 Å². The number of hydrogen-bond donors (Lipinski definition) is 0. The standard InChI is InChI=1S/C23H19NO3S/c1-27-20-12-10-15-6-2-3-7-17(15)18(20)14-16(11-13-22(25)26)23-24-19-8-4-5-9-21(19)28-23/h2-10,12,14H,11,13H2,1H3,(H,25,26)/p-1/b16-14+. The number of fused-ring (bicyclic) bond motifs is 2. The smallest absolute Gasteiger partial charge is 0.126 e. The molecule has 0 saturated carbocycles. The number of para-hydroxylation sites is 1. The number of benzene rings is 3. The lowest BCUT2D eigenvalue weighted by Crippen LogP contribution is -2.21.